The number of benzene rings is 1. The van der Waals surface area contributed by atoms with Gasteiger partial charge in [-0.15, -0.1) is 0 Å². The molecule has 2 aromatic heterocycles. The van der Waals surface area contributed by atoms with Gasteiger partial charge < -0.3 is 15.8 Å². The Balaban J connectivity index is 1.87. The molecule has 0 spiro atoms. The molecule has 148 valence electrons. The van der Waals surface area contributed by atoms with Crippen LogP contribution in [-0.2, 0) is 6.61 Å². The fourth-order valence-electron chi connectivity index (χ4n) is 2.80. The maximum Gasteiger partial charge on any atom is 0.270 e. The second-order valence-electron chi connectivity index (χ2n) is 6.65. The van der Waals surface area contributed by atoms with Crippen molar-refractivity contribution < 1.29 is 18.3 Å². The van der Waals surface area contributed by atoms with E-state index in [2.05, 4.69) is 10.3 Å². The molecule has 3 aromatic rings. The van der Waals surface area contributed by atoms with Crippen LogP contribution in [0.15, 0.2) is 36.5 Å². The average molecular weight is 388 g/mol. The molecule has 8 heteroatoms. The Morgan fingerprint density at radius 1 is 1.29 bits per heavy atom. The molecule has 1 unspecified atom stereocenters. The highest BCUT2D eigenvalue weighted by Gasteiger charge is 2.19. The van der Waals surface area contributed by atoms with Crippen molar-refractivity contribution in [3.63, 3.8) is 0 Å². The zero-order valence-corrected chi connectivity index (χ0v) is 15.7. The number of nitrogens with two attached hydrogens (primary N) is 1. The number of halogens is 2. The highest BCUT2D eigenvalue weighted by Crippen LogP contribution is 2.24. The van der Waals surface area contributed by atoms with Crippen LogP contribution in [0.2, 0.25) is 0 Å². The van der Waals surface area contributed by atoms with Gasteiger partial charge in [0.1, 0.15) is 23.9 Å². The third kappa shape index (κ3) is 3.96. The second kappa shape index (κ2) is 8.35. The third-order valence-corrected chi connectivity index (χ3v) is 4.45. The minimum Gasteiger partial charge on any atom is -0.485 e. The molecular formula is C20H22F2N4O2. The number of aryl methyl sites for hydroxylation is 1. The molecular weight excluding hydrogens is 366 g/mol. The lowest BCUT2D eigenvalue weighted by atomic mass is 10.2. The van der Waals surface area contributed by atoms with E-state index in [4.69, 9.17) is 10.5 Å². The predicted octanol–water partition coefficient (Wildman–Crippen LogP) is 2.82. The van der Waals surface area contributed by atoms with E-state index in [1.54, 1.807) is 29.7 Å². The van der Waals surface area contributed by atoms with E-state index < -0.39 is 11.6 Å². The van der Waals surface area contributed by atoms with Crippen molar-refractivity contribution in [2.75, 3.05) is 13.1 Å². The van der Waals surface area contributed by atoms with Crippen LogP contribution in [0, 0.1) is 24.5 Å². The van der Waals surface area contributed by atoms with Crippen molar-refractivity contribution in [3.8, 4) is 5.75 Å². The zero-order valence-electron chi connectivity index (χ0n) is 15.7. The highest BCUT2D eigenvalue weighted by atomic mass is 19.1. The van der Waals surface area contributed by atoms with Crippen LogP contribution in [0.4, 0.5) is 8.78 Å². The Kier molecular flexibility index (Phi) is 5.89. The van der Waals surface area contributed by atoms with Crippen molar-refractivity contribution in [1.29, 1.82) is 0 Å². The van der Waals surface area contributed by atoms with Crippen molar-refractivity contribution in [3.05, 3.63) is 65.1 Å². The number of fused-ring (bicyclic) bond motifs is 1. The van der Waals surface area contributed by atoms with Crippen LogP contribution in [0.5, 0.6) is 5.75 Å². The maximum atomic E-state index is 13.8. The number of hydrogen-bond donors (Lipinski definition) is 2. The Morgan fingerprint density at radius 3 is 2.68 bits per heavy atom. The minimum absolute atomic E-state index is 0.151. The van der Waals surface area contributed by atoms with Crippen LogP contribution >= 0.6 is 0 Å². The summed E-state index contributed by atoms with van der Waals surface area (Å²) in [4.78, 5) is 17.0. The van der Waals surface area contributed by atoms with Gasteiger partial charge in [0.05, 0.1) is 11.3 Å². The molecule has 1 aromatic carbocycles. The van der Waals surface area contributed by atoms with E-state index in [1.807, 2.05) is 6.92 Å². The van der Waals surface area contributed by atoms with E-state index in [9.17, 15) is 13.6 Å². The first-order valence-electron chi connectivity index (χ1n) is 8.94. The van der Waals surface area contributed by atoms with Crippen molar-refractivity contribution in [2.45, 2.75) is 20.5 Å². The van der Waals surface area contributed by atoms with Gasteiger partial charge in [0.15, 0.2) is 11.4 Å². The molecule has 6 nitrogen and oxygen atoms in total. The molecule has 28 heavy (non-hydrogen) atoms. The summed E-state index contributed by atoms with van der Waals surface area (Å²) in [6.45, 7) is 4.28. The molecule has 2 heterocycles. The molecule has 0 radical (unpaired) electrons. The summed E-state index contributed by atoms with van der Waals surface area (Å²) < 4.78 is 34.9. The number of carbonyl (C=O) groups excluding carboxylic acids is 1. The third-order valence-electron chi connectivity index (χ3n) is 4.45. The number of hydrogen-bond acceptors (Lipinski definition) is 4. The number of rotatable bonds is 7. The van der Waals surface area contributed by atoms with Crippen LogP contribution in [0.25, 0.3) is 5.65 Å². The van der Waals surface area contributed by atoms with Crippen LogP contribution in [-0.4, -0.2) is 28.4 Å². The first-order chi connectivity index (χ1) is 13.4. The number of nitrogens with zero attached hydrogens (tertiary/aromatic N) is 2. The number of carbonyl (C=O) groups is 1. The average Bonchev–Trinajstić information content (AvgIpc) is 3.02. The lowest BCUT2D eigenvalue weighted by molar-refractivity contribution is 0.0942. The molecule has 0 fully saturated rings. The Morgan fingerprint density at radius 2 is 2.00 bits per heavy atom. The fourth-order valence-corrected chi connectivity index (χ4v) is 2.80. The van der Waals surface area contributed by atoms with Crippen molar-refractivity contribution in [2.24, 2.45) is 11.7 Å². The molecule has 0 saturated heterocycles. The van der Waals surface area contributed by atoms with Gasteiger partial charge in [-0.3, -0.25) is 9.20 Å². The van der Waals surface area contributed by atoms with E-state index in [0.29, 0.717) is 35.9 Å². The summed E-state index contributed by atoms with van der Waals surface area (Å²) in [5.41, 5.74) is 6.71. The number of nitrogens with one attached hydrogen (secondary N) is 1. The van der Waals surface area contributed by atoms with Gasteiger partial charge in [0, 0.05) is 12.7 Å². The molecule has 1 atom stereocenters. The van der Waals surface area contributed by atoms with E-state index >= 15 is 0 Å². The summed E-state index contributed by atoms with van der Waals surface area (Å²) in [6.07, 6.45) is 1.69. The van der Waals surface area contributed by atoms with Crippen LogP contribution in [0.3, 0.4) is 0 Å². The quantitative estimate of drug-likeness (QED) is 0.652. The summed E-state index contributed by atoms with van der Waals surface area (Å²) in [5, 5.41) is 2.84. The lowest BCUT2D eigenvalue weighted by Crippen LogP contribution is -2.32. The predicted molar refractivity (Wildman–Crippen MR) is 101 cm³/mol. The topological polar surface area (TPSA) is 81.7 Å². The molecule has 3 rings (SSSR count). The highest BCUT2D eigenvalue weighted by molar-refractivity contribution is 5.95. The largest absolute Gasteiger partial charge is 0.485 e. The number of imidazole rings is 1. The molecule has 0 bridgehead atoms. The minimum atomic E-state index is -0.680. The first-order valence-corrected chi connectivity index (χ1v) is 8.94. The van der Waals surface area contributed by atoms with Gasteiger partial charge in [-0.2, -0.15) is 0 Å². The SMILES string of the molecule is Cc1nc2c(OCc3c(F)cccc3F)cccn2c1C(=O)NCC(C)CN. The molecule has 0 aliphatic carbocycles. The normalized spacial score (nSPS) is 12.2. The smallest absolute Gasteiger partial charge is 0.270 e. The molecule has 3 N–H and O–H groups in total. The molecule has 0 aliphatic heterocycles. The Labute approximate surface area is 161 Å². The maximum absolute atomic E-state index is 13.8. The van der Waals surface area contributed by atoms with E-state index in [1.165, 1.54) is 18.2 Å². The summed E-state index contributed by atoms with van der Waals surface area (Å²) >= 11 is 0. The Bertz CT molecular complexity index is 983. The van der Waals surface area contributed by atoms with Gasteiger partial charge in [-0.1, -0.05) is 13.0 Å². The molecule has 1 amide bonds. The summed E-state index contributed by atoms with van der Waals surface area (Å²) in [5.74, 6) is -1.16. The number of aromatic nitrogens is 2. The van der Waals surface area contributed by atoms with Gasteiger partial charge in [0.2, 0.25) is 0 Å². The molecule has 0 saturated carbocycles. The van der Waals surface area contributed by atoms with Gasteiger partial charge in [0.25, 0.3) is 5.91 Å². The Hall–Kier alpha value is -3.00. The number of pyridine rings is 1. The van der Waals surface area contributed by atoms with Crippen LogP contribution in [0.1, 0.15) is 28.7 Å². The first kappa shape index (κ1) is 19.8. The summed E-state index contributed by atoms with van der Waals surface area (Å²) in [6, 6.07) is 6.96. The van der Waals surface area contributed by atoms with Crippen molar-refractivity contribution >= 4 is 11.6 Å². The van der Waals surface area contributed by atoms with E-state index in [-0.39, 0.29) is 24.0 Å². The summed E-state index contributed by atoms with van der Waals surface area (Å²) in [7, 11) is 0. The van der Waals surface area contributed by atoms with E-state index in [0.717, 1.165) is 0 Å². The lowest BCUT2D eigenvalue weighted by Gasteiger charge is -2.11. The monoisotopic (exact) mass is 388 g/mol. The fraction of sp³-hybridized carbons (Fsp3) is 0.300. The molecule has 0 aliphatic rings. The zero-order chi connectivity index (χ0) is 20.3. The van der Waals surface area contributed by atoms with Crippen molar-refractivity contribution in [1.82, 2.24) is 14.7 Å². The number of amides is 1. The number of ether oxygens (including phenoxy) is 1. The van der Waals surface area contributed by atoms with Crippen LogP contribution < -0.4 is 15.8 Å². The van der Waals surface area contributed by atoms with Gasteiger partial charge in [-0.25, -0.2) is 13.8 Å². The second-order valence-corrected chi connectivity index (χ2v) is 6.65. The van der Waals surface area contributed by atoms with Gasteiger partial charge >= 0.3 is 0 Å². The van der Waals surface area contributed by atoms with Gasteiger partial charge in [-0.05, 0) is 43.7 Å². The standard InChI is InChI=1S/C20H22F2N4O2/c1-12(9-23)10-24-20(27)18-13(2)25-19-17(7-4-8-26(18)19)28-11-14-15(21)5-3-6-16(14)22/h3-8,12H,9-11,23H2,1-2H3,(H,24,27).